The Morgan fingerprint density at radius 3 is 2.84 bits per heavy atom. The normalized spacial score (nSPS) is 10.6. The van der Waals surface area contributed by atoms with E-state index in [9.17, 15) is 9.18 Å². The largest absolute Gasteiger partial charge is 0.345 e. The fourth-order valence-electron chi connectivity index (χ4n) is 2.71. The van der Waals surface area contributed by atoms with E-state index < -0.39 is 0 Å². The fourth-order valence-corrected chi connectivity index (χ4v) is 3.40. The first kappa shape index (κ1) is 17.2. The van der Waals surface area contributed by atoms with Crippen LogP contribution in [0.15, 0.2) is 72.8 Å². The van der Waals surface area contributed by atoms with E-state index in [0.717, 1.165) is 11.3 Å². The first-order chi connectivity index (χ1) is 12.2. The van der Waals surface area contributed by atoms with Crippen LogP contribution < -0.4 is 0 Å². The summed E-state index contributed by atoms with van der Waals surface area (Å²) < 4.78 is 15.4. The number of carbonyl (C=O) groups excluding carboxylic acids is 1. The number of hydrogen-bond donors (Lipinski definition) is 0. The molecule has 25 heavy (non-hydrogen) atoms. The Labute approximate surface area is 150 Å². The van der Waals surface area contributed by atoms with Crippen molar-refractivity contribution in [2.75, 3.05) is 6.54 Å². The highest BCUT2D eigenvalue weighted by Crippen LogP contribution is 2.16. The van der Waals surface area contributed by atoms with Crippen molar-refractivity contribution in [3.63, 3.8) is 0 Å². The van der Waals surface area contributed by atoms with Gasteiger partial charge in [-0.05, 0) is 41.3 Å². The van der Waals surface area contributed by atoms with Gasteiger partial charge in [-0.15, -0.1) is 17.9 Å². The van der Waals surface area contributed by atoms with E-state index in [1.165, 1.54) is 23.5 Å². The SMILES string of the molecule is C=CCN(Cc1cccn1Cc1cccc(F)c1)C(=O)c1cccs1. The van der Waals surface area contributed by atoms with Gasteiger partial charge in [-0.25, -0.2) is 4.39 Å². The third-order valence-corrected chi connectivity index (χ3v) is 4.74. The quantitative estimate of drug-likeness (QED) is 0.571. The lowest BCUT2D eigenvalue weighted by molar-refractivity contribution is 0.0764. The molecule has 0 saturated carbocycles. The number of rotatable bonds is 7. The van der Waals surface area contributed by atoms with Crippen molar-refractivity contribution in [3.05, 3.63) is 94.7 Å². The predicted octanol–water partition coefficient (Wildman–Crippen LogP) is 4.57. The number of aromatic nitrogens is 1. The van der Waals surface area contributed by atoms with Crippen molar-refractivity contribution in [3.8, 4) is 0 Å². The molecule has 0 saturated heterocycles. The van der Waals surface area contributed by atoms with Gasteiger partial charge in [-0.1, -0.05) is 24.3 Å². The summed E-state index contributed by atoms with van der Waals surface area (Å²) in [6.45, 7) is 5.27. The van der Waals surface area contributed by atoms with E-state index in [0.29, 0.717) is 24.5 Å². The van der Waals surface area contributed by atoms with Gasteiger partial charge in [0, 0.05) is 25.0 Å². The molecule has 0 radical (unpaired) electrons. The van der Waals surface area contributed by atoms with Crippen LogP contribution in [0.5, 0.6) is 0 Å². The van der Waals surface area contributed by atoms with Crippen molar-refractivity contribution < 1.29 is 9.18 Å². The second-order valence-electron chi connectivity index (χ2n) is 5.71. The van der Waals surface area contributed by atoms with Crippen LogP contribution in [0.1, 0.15) is 20.9 Å². The van der Waals surface area contributed by atoms with Gasteiger partial charge < -0.3 is 9.47 Å². The molecule has 5 heteroatoms. The molecule has 0 aliphatic rings. The first-order valence-electron chi connectivity index (χ1n) is 7.99. The number of hydrogen-bond acceptors (Lipinski definition) is 2. The van der Waals surface area contributed by atoms with Gasteiger partial charge in [-0.3, -0.25) is 4.79 Å². The molecule has 0 bridgehead atoms. The van der Waals surface area contributed by atoms with Crippen LogP contribution in [0.25, 0.3) is 0 Å². The summed E-state index contributed by atoms with van der Waals surface area (Å²) in [7, 11) is 0. The molecule has 2 aromatic heterocycles. The van der Waals surface area contributed by atoms with E-state index in [2.05, 4.69) is 6.58 Å². The minimum atomic E-state index is -0.243. The Kier molecular flexibility index (Phi) is 5.46. The van der Waals surface area contributed by atoms with Crippen LogP contribution in [0.3, 0.4) is 0 Å². The minimum Gasteiger partial charge on any atom is -0.345 e. The molecular formula is C20H19FN2OS. The third kappa shape index (κ3) is 4.25. The van der Waals surface area contributed by atoms with Crippen molar-refractivity contribution in [2.24, 2.45) is 0 Å². The molecule has 0 unspecified atom stereocenters. The fraction of sp³-hybridized carbons (Fsp3) is 0.150. The van der Waals surface area contributed by atoms with Gasteiger partial charge in [0.1, 0.15) is 5.82 Å². The molecule has 128 valence electrons. The number of carbonyl (C=O) groups is 1. The minimum absolute atomic E-state index is 0.00611. The number of nitrogens with zero attached hydrogens (tertiary/aromatic N) is 2. The highest BCUT2D eigenvalue weighted by atomic mass is 32.1. The molecule has 3 aromatic rings. The predicted molar refractivity (Wildman–Crippen MR) is 99.2 cm³/mol. The molecule has 0 fully saturated rings. The molecule has 0 aliphatic carbocycles. The van der Waals surface area contributed by atoms with Gasteiger partial charge >= 0.3 is 0 Å². The lowest BCUT2D eigenvalue weighted by Crippen LogP contribution is -2.31. The van der Waals surface area contributed by atoms with Crippen LogP contribution in [0.2, 0.25) is 0 Å². The molecule has 0 N–H and O–H groups in total. The number of halogens is 1. The number of benzene rings is 1. The molecular weight excluding hydrogens is 335 g/mol. The average molecular weight is 354 g/mol. The Morgan fingerprint density at radius 2 is 2.12 bits per heavy atom. The summed E-state index contributed by atoms with van der Waals surface area (Å²) in [5, 5.41) is 1.89. The van der Waals surface area contributed by atoms with Crippen molar-refractivity contribution in [1.82, 2.24) is 9.47 Å². The third-order valence-electron chi connectivity index (χ3n) is 3.89. The maximum Gasteiger partial charge on any atom is 0.264 e. The van der Waals surface area contributed by atoms with Crippen molar-refractivity contribution in [2.45, 2.75) is 13.1 Å². The number of amides is 1. The van der Waals surface area contributed by atoms with E-state index in [-0.39, 0.29) is 11.7 Å². The van der Waals surface area contributed by atoms with Gasteiger partial charge in [0.25, 0.3) is 5.91 Å². The highest BCUT2D eigenvalue weighted by molar-refractivity contribution is 7.12. The van der Waals surface area contributed by atoms with Crippen LogP contribution in [-0.2, 0) is 13.1 Å². The van der Waals surface area contributed by atoms with Crippen LogP contribution in [0.4, 0.5) is 4.39 Å². The molecule has 0 atom stereocenters. The highest BCUT2D eigenvalue weighted by Gasteiger charge is 2.17. The van der Waals surface area contributed by atoms with Crippen molar-refractivity contribution >= 4 is 17.2 Å². The molecule has 0 aliphatic heterocycles. The zero-order chi connectivity index (χ0) is 17.6. The molecule has 3 rings (SSSR count). The summed E-state index contributed by atoms with van der Waals surface area (Å²) in [6.07, 6.45) is 3.67. The number of thiophene rings is 1. The van der Waals surface area contributed by atoms with Crippen LogP contribution in [0, 0.1) is 5.82 Å². The first-order valence-corrected chi connectivity index (χ1v) is 8.87. The van der Waals surface area contributed by atoms with E-state index in [1.807, 2.05) is 46.5 Å². The zero-order valence-electron chi connectivity index (χ0n) is 13.8. The Balaban J connectivity index is 1.78. The average Bonchev–Trinajstić information content (AvgIpc) is 3.26. The lowest BCUT2D eigenvalue weighted by atomic mass is 10.2. The Morgan fingerprint density at radius 1 is 1.24 bits per heavy atom. The van der Waals surface area contributed by atoms with Crippen LogP contribution >= 0.6 is 11.3 Å². The van der Waals surface area contributed by atoms with E-state index >= 15 is 0 Å². The molecule has 3 nitrogen and oxygen atoms in total. The summed E-state index contributed by atoms with van der Waals surface area (Å²) in [6, 6.07) is 14.2. The van der Waals surface area contributed by atoms with E-state index in [1.54, 1.807) is 17.0 Å². The summed E-state index contributed by atoms with van der Waals surface area (Å²) >= 11 is 1.43. The maximum atomic E-state index is 13.4. The van der Waals surface area contributed by atoms with Crippen LogP contribution in [-0.4, -0.2) is 21.9 Å². The second kappa shape index (κ2) is 7.94. The molecule has 1 amide bonds. The molecule has 1 aromatic carbocycles. The van der Waals surface area contributed by atoms with Gasteiger partial charge in [-0.2, -0.15) is 0 Å². The summed E-state index contributed by atoms with van der Waals surface area (Å²) in [5.74, 6) is -0.249. The topological polar surface area (TPSA) is 25.2 Å². The monoisotopic (exact) mass is 354 g/mol. The smallest absolute Gasteiger partial charge is 0.264 e. The Bertz CT molecular complexity index is 854. The zero-order valence-corrected chi connectivity index (χ0v) is 14.6. The van der Waals surface area contributed by atoms with Gasteiger partial charge in [0.2, 0.25) is 0 Å². The summed E-state index contributed by atoms with van der Waals surface area (Å²) in [4.78, 5) is 15.1. The summed E-state index contributed by atoms with van der Waals surface area (Å²) in [5.41, 5.74) is 1.88. The second-order valence-corrected chi connectivity index (χ2v) is 6.66. The molecule has 2 heterocycles. The van der Waals surface area contributed by atoms with E-state index in [4.69, 9.17) is 0 Å². The van der Waals surface area contributed by atoms with Gasteiger partial charge in [0.05, 0.1) is 11.4 Å². The van der Waals surface area contributed by atoms with Gasteiger partial charge in [0.15, 0.2) is 0 Å². The Hall–Kier alpha value is -2.66. The molecule has 0 spiro atoms. The lowest BCUT2D eigenvalue weighted by Gasteiger charge is -2.21. The van der Waals surface area contributed by atoms with Crippen molar-refractivity contribution in [1.29, 1.82) is 0 Å². The standard InChI is InChI=1S/C20H19FN2OS/c1-2-10-23(20(24)19-9-5-12-25-19)15-18-8-4-11-22(18)14-16-6-3-7-17(21)13-16/h2-9,11-13H,1,10,14-15H2. The maximum absolute atomic E-state index is 13.4.